The maximum atomic E-state index is 11.0. The number of rotatable bonds is 4. The van der Waals surface area contributed by atoms with E-state index in [4.69, 9.17) is 11.6 Å². The minimum Gasteiger partial charge on any atom is -0.281 e. The highest BCUT2D eigenvalue weighted by Gasteiger charge is 2.11. The van der Waals surface area contributed by atoms with Gasteiger partial charge < -0.3 is 0 Å². The van der Waals surface area contributed by atoms with Gasteiger partial charge in [0.2, 0.25) is 5.24 Å². The van der Waals surface area contributed by atoms with Gasteiger partial charge in [0.15, 0.2) is 0 Å². The van der Waals surface area contributed by atoms with Gasteiger partial charge in [-0.1, -0.05) is 45.0 Å². The van der Waals surface area contributed by atoms with Gasteiger partial charge >= 0.3 is 0 Å². The summed E-state index contributed by atoms with van der Waals surface area (Å²) < 4.78 is 0. The molecule has 15 heavy (non-hydrogen) atoms. The van der Waals surface area contributed by atoms with E-state index in [1.165, 1.54) is 5.56 Å². The van der Waals surface area contributed by atoms with Crippen molar-refractivity contribution in [3.05, 3.63) is 35.4 Å². The maximum absolute atomic E-state index is 11.0. The quantitative estimate of drug-likeness (QED) is 0.712. The van der Waals surface area contributed by atoms with Crippen LogP contribution in [-0.4, -0.2) is 5.24 Å². The topological polar surface area (TPSA) is 17.1 Å². The van der Waals surface area contributed by atoms with E-state index in [-0.39, 0.29) is 11.2 Å². The Kier molecular flexibility index (Phi) is 4.34. The highest BCUT2D eigenvalue weighted by Crippen LogP contribution is 2.19. The molecule has 1 rings (SSSR count). The van der Waals surface area contributed by atoms with Crippen molar-refractivity contribution in [1.29, 1.82) is 0 Å². The van der Waals surface area contributed by atoms with Crippen molar-refractivity contribution < 1.29 is 4.79 Å². The molecule has 0 aromatic heterocycles. The molecule has 0 aliphatic carbocycles. The van der Waals surface area contributed by atoms with E-state index in [2.05, 4.69) is 26.0 Å². The highest BCUT2D eigenvalue weighted by molar-refractivity contribution is 6.64. The molecule has 1 aromatic rings. The molecule has 0 fully saturated rings. The summed E-state index contributed by atoms with van der Waals surface area (Å²) in [6, 6.07) is 8.13. The molecule has 1 atom stereocenters. The van der Waals surface area contributed by atoms with E-state index in [0.717, 1.165) is 12.0 Å². The first-order valence-electron chi connectivity index (χ1n) is 5.29. The lowest BCUT2D eigenvalue weighted by atomic mass is 9.97. The third-order valence-corrected chi connectivity index (χ3v) is 2.79. The van der Waals surface area contributed by atoms with E-state index < -0.39 is 0 Å². The molecule has 1 nitrogen and oxygen atoms in total. The van der Waals surface area contributed by atoms with Crippen molar-refractivity contribution in [3.8, 4) is 0 Å². The fraction of sp³-hybridized carbons (Fsp3) is 0.462. The number of carbonyl (C=O) groups excluding carboxylic acids is 1. The van der Waals surface area contributed by atoms with Crippen molar-refractivity contribution in [1.82, 2.24) is 0 Å². The van der Waals surface area contributed by atoms with Crippen molar-refractivity contribution in [2.24, 2.45) is 5.92 Å². The van der Waals surface area contributed by atoms with Gasteiger partial charge in [-0.15, -0.1) is 0 Å². The zero-order valence-electron chi connectivity index (χ0n) is 9.46. The van der Waals surface area contributed by atoms with Gasteiger partial charge in [0.25, 0.3) is 0 Å². The van der Waals surface area contributed by atoms with E-state index in [0.29, 0.717) is 5.92 Å². The summed E-state index contributed by atoms with van der Waals surface area (Å²) in [6.07, 6.45) is 1.07. The van der Waals surface area contributed by atoms with Crippen molar-refractivity contribution in [3.63, 3.8) is 0 Å². The van der Waals surface area contributed by atoms with Gasteiger partial charge in [-0.2, -0.15) is 0 Å². The molecule has 0 unspecified atom stereocenters. The Morgan fingerprint density at radius 3 is 2.13 bits per heavy atom. The number of benzene rings is 1. The summed E-state index contributed by atoms with van der Waals surface area (Å²) in [5.74, 6) is 0.447. The Balaban J connectivity index is 2.76. The van der Waals surface area contributed by atoms with E-state index in [1.807, 2.05) is 19.1 Å². The average Bonchev–Trinajstić information content (AvgIpc) is 2.17. The van der Waals surface area contributed by atoms with Gasteiger partial charge in [-0.25, -0.2) is 0 Å². The Labute approximate surface area is 96.5 Å². The second kappa shape index (κ2) is 5.32. The first-order chi connectivity index (χ1) is 7.00. The van der Waals surface area contributed by atoms with Gasteiger partial charge in [0.05, 0.1) is 5.92 Å². The predicted molar refractivity (Wildman–Crippen MR) is 64.3 cm³/mol. The number of hydrogen-bond acceptors (Lipinski definition) is 1. The molecule has 0 saturated carbocycles. The molecular weight excluding hydrogens is 208 g/mol. The van der Waals surface area contributed by atoms with Crippen LogP contribution in [0.5, 0.6) is 0 Å². The van der Waals surface area contributed by atoms with Gasteiger partial charge in [-0.3, -0.25) is 4.79 Å². The summed E-state index contributed by atoms with van der Waals surface area (Å²) in [6.45, 7) is 6.21. The van der Waals surface area contributed by atoms with Gasteiger partial charge in [-0.05, 0) is 35.1 Å². The molecule has 0 saturated heterocycles. The van der Waals surface area contributed by atoms with Crippen LogP contribution in [0.1, 0.15) is 37.8 Å². The Bertz CT molecular complexity index is 327. The van der Waals surface area contributed by atoms with Crippen LogP contribution in [0.2, 0.25) is 0 Å². The van der Waals surface area contributed by atoms with Crippen LogP contribution in [-0.2, 0) is 11.2 Å². The molecule has 0 aliphatic rings. The van der Waals surface area contributed by atoms with Crippen LogP contribution in [0.4, 0.5) is 0 Å². The molecule has 0 radical (unpaired) electrons. The van der Waals surface area contributed by atoms with Crippen LogP contribution in [0.15, 0.2) is 24.3 Å². The Morgan fingerprint density at radius 1 is 1.20 bits per heavy atom. The minimum atomic E-state index is -0.299. The van der Waals surface area contributed by atoms with E-state index in [1.54, 1.807) is 0 Å². The van der Waals surface area contributed by atoms with Crippen LogP contribution >= 0.6 is 11.6 Å². The molecule has 0 aliphatic heterocycles. The van der Waals surface area contributed by atoms with Crippen LogP contribution in [0.25, 0.3) is 0 Å². The highest BCUT2D eigenvalue weighted by atomic mass is 35.5. The monoisotopic (exact) mass is 224 g/mol. The molecule has 82 valence electrons. The van der Waals surface area contributed by atoms with Gasteiger partial charge in [0.1, 0.15) is 0 Å². The largest absolute Gasteiger partial charge is 0.281 e. The van der Waals surface area contributed by atoms with Crippen molar-refractivity contribution >= 4 is 16.8 Å². The molecule has 0 heterocycles. The second-order valence-electron chi connectivity index (χ2n) is 4.37. The molecular formula is C13H17ClO. The Hall–Kier alpha value is -0.820. The summed E-state index contributed by atoms with van der Waals surface area (Å²) in [4.78, 5) is 11.0. The summed E-state index contributed by atoms with van der Waals surface area (Å²) in [7, 11) is 0. The average molecular weight is 225 g/mol. The first-order valence-corrected chi connectivity index (χ1v) is 5.66. The number of hydrogen-bond donors (Lipinski definition) is 0. The zero-order chi connectivity index (χ0) is 11.4. The molecule has 1 aromatic carbocycles. The van der Waals surface area contributed by atoms with Crippen molar-refractivity contribution in [2.45, 2.75) is 33.1 Å². The second-order valence-corrected chi connectivity index (χ2v) is 4.74. The number of carbonyl (C=O) groups is 1. The SMILES string of the molecule is CC(C)Cc1ccc([C@@H](C)C(=O)Cl)cc1. The third kappa shape index (κ3) is 3.67. The van der Waals surface area contributed by atoms with Crippen LogP contribution < -0.4 is 0 Å². The lowest BCUT2D eigenvalue weighted by Crippen LogP contribution is -2.02. The maximum Gasteiger partial charge on any atom is 0.228 e. The zero-order valence-corrected chi connectivity index (χ0v) is 10.2. The molecule has 0 bridgehead atoms. The summed E-state index contributed by atoms with van der Waals surface area (Å²) >= 11 is 5.45. The number of halogens is 1. The summed E-state index contributed by atoms with van der Waals surface area (Å²) in [5, 5.41) is -0.299. The van der Waals surface area contributed by atoms with E-state index >= 15 is 0 Å². The van der Waals surface area contributed by atoms with Crippen molar-refractivity contribution in [2.75, 3.05) is 0 Å². The standard InChI is InChI=1S/C13H17ClO/c1-9(2)8-11-4-6-12(7-5-11)10(3)13(14)15/h4-7,9-10H,8H2,1-3H3/t10-/m1/s1. The lowest BCUT2D eigenvalue weighted by Gasteiger charge is -2.09. The summed E-state index contributed by atoms with van der Waals surface area (Å²) in [5.41, 5.74) is 2.30. The molecule has 2 heteroatoms. The van der Waals surface area contributed by atoms with Crippen LogP contribution in [0, 0.1) is 5.92 Å². The fourth-order valence-corrected chi connectivity index (χ4v) is 1.67. The molecule has 0 amide bonds. The lowest BCUT2D eigenvalue weighted by molar-refractivity contribution is -0.112. The normalized spacial score (nSPS) is 12.9. The predicted octanol–water partition coefficient (Wildman–Crippen LogP) is 3.75. The molecule has 0 spiro atoms. The Morgan fingerprint density at radius 2 is 1.73 bits per heavy atom. The minimum absolute atomic E-state index is 0.209. The third-order valence-electron chi connectivity index (χ3n) is 2.46. The van der Waals surface area contributed by atoms with Crippen LogP contribution in [0.3, 0.4) is 0 Å². The molecule has 0 N–H and O–H groups in total. The van der Waals surface area contributed by atoms with Gasteiger partial charge in [0, 0.05) is 0 Å². The first kappa shape index (κ1) is 12.3. The fourth-order valence-electron chi connectivity index (χ4n) is 1.54. The van der Waals surface area contributed by atoms with E-state index in [9.17, 15) is 4.79 Å². The smallest absolute Gasteiger partial charge is 0.228 e.